The maximum absolute atomic E-state index is 7.11. The van der Waals surface area contributed by atoms with Crippen LogP contribution in [-0.2, 0) is 5.75 Å². The first-order chi connectivity index (χ1) is 7.17. The maximum atomic E-state index is 7.11. The van der Waals surface area contributed by atoms with Crippen LogP contribution in [0.4, 0.5) is 0 Å². The number of thioether (sulfide) groups is 1. The monoisotopic (exact) mass is 354 g/mol. The molecule has 1 aromatic carbocycles. The van der Waals surface area contributed by atoms with Gasteiger partial charge in [0, 0.05) is 5.75 Å². The molecule has 4 nitrogen and oxygen atoms in total. The van der Waals surface area contributed by atoms with Gasteiger partial charge in [-0.15, -0.1) is 24.0 Å². The Morgan fingerprint density at radius 3 is 2.44 bits per heavy atom. The molecule has 1 rings (SSSR count). The lowest BCUT2D eigenvalue weighted by molar-refractivity contribution is 0.354. The molecule has 0 atom stereocenters. The third kappa shape index (κ3) is 4.48. The largest absolute Gasteiger partial charge is 0.493 e. The first-order valence-corrected chi connectivity index (χ1v) is 5.33. The van der Waals surface area contributed by atoms with E-state index in [4.69, 9.17) is 20.6 Å². The first-order valence-electron chi connectivity index (χ1n) is 4.35. The fourth-order valence-corrected chi connectivity index (χ4v) is 1.63. The number of hydrogen-bond acceptors (Lipinski definition) is 4. The van der Waals surface area contributed by atoms with Gasteiger partial charge in [0.15, 0.2) is 16.7 Å². The molecule has 0 aliphatic heterocycles. The Morgan fingerprint density at radius 2 is 1.94 bits per heavy atom. The van der Waals surface area contributed by atoms with Crippen molar-refractivity contribution in [1.82, 2.24) is 0 Å². The minimum atomic E-state index is 0. The second-order valence-electron chi connectivity index (χ2n) is 2.84. The summed E-state index contributed by atoms with van der Waals surface area (Å²) in [7, 11) is 3.20. The SMILES string of the molecule is COc1ccc(CSC(=N)N)cc1OC.I. The van der Waals surface area contributed by atoms with Gasteiger partial charge >= 0.3 is 0 Å². The summed E-state index contributed by atoms with van der Waals surface area (Å²) >= 11 is 1.28. The Morgan fingerprint density at radius 1 is 1.31 bits per heavy atom. The quantitative estimate of drug-likeness (QED) is 0.495. The van der Waals surface area contributed by atoms with Gasteiger partial charge < -0.3 is 15.2 Å². The van der Waals surface area contributed by atoms with Crippen LogP contribution in [0.3, 0.4) is 0 Å². The van der Waals surface area contributed by atoms with Gasteiger partial charge in [0.05, 0.1) is 14.2 Å². The van der Waals surface area contributed by atoms with E-state index in [1.807, 2.05) is 18.2 Å². The molecule has 0 amide bonds. The molecule has 6 heteroatoms. The zero-order chi connectivity index (χ0) is 11.3. The van der Waals surface area contributed by atoms with Gasteiger partial charge in [0.25, 0.3) is 0 Å². The molecule has 0 spiro atoms. The summed E-state index contributed by atoms with van der Waals surface area (Å²) in [4.78, 5) is 0. The molecular weight excluding hydrogens is 339 g/mol. The van der Waals surface area contributed by atoms with Crippen LogP contribution in [0, 0.1) is 5.41 Å². The lowest BCUT2D eigenvalue weighted by atomic mass is 10.2. The molecule has 0 heterocycles. The Labute approximate surface area is 116 Å². The fourth-order valence-electron chi connectivity index (χ4n) is 1.13. The number of benzene rings is 1. The van der Waals surface area contributed by atoms with Crippen LogP contribution in [-0.4, -0.2) is 19.4 Å². The lowest BCUT2D eigenvalue weighted by Crippen LogP contribution is -2.03. The molecule has 0 fully saturated rings. The van der Waals surface area contributed by atoms with Crippen molar-refractivity contribution in [2.75, 3.05) is 14.2 Å². The highest BCUT2D eigenvalue weighted by Gasteiger charge is 2.04. The van der Waals surface area contributed by atoms with E-state index < -0.39 is 0 Å². The minimum absolute atomic E-state index is 0. The molecule has 0 saturated heterocycles. The molecular formula is C10H15IN2O2S. The molecule has 0 aliphatic rings. The van der Waals surface area contributed by atoms with Crippen LogP contribution in [0.15, 0.2) is 18.2 Å². The smallest absolute Gasteiger partial charge is 0.161 e. The number of methoxy groups -OCH3 is 2. The average molecular weight is 354 g/mol. The van der Waals surface area contributed by atoms with Crippen LogP contribution in [0.5, 0.6) is 11.5 Å². The summed E-state index contributed by atoms with van der Waals surface area (Å²) in [5.41, 5.74) is 6.31. The van der Waals surface area contributed by atoms with E-state index in [2.05, 4.69) is 0 Å². The van der Waals surface area contributed by atoms with Crippen molar-refractivity contribution >= 4 is 40.9 Å². The van der Waals surface area contributed by atoms with Gasteiger partial charge in [-0.1, -0.05) is 17.8 Å². The first kappa shape index (κ1) is 15.4. The van der Waals surface area contributed by atoms with Crippen molar-refractivity contribution in [3.05, 3.63) is 23.8 Å². The Hall–Kier alpha value is -0.630. The van der Waals surface area contributed by atoms with Crippen molar-refractivity contribution in [1.29, 1.82) is 5.41 Å². The zero-order valence-electron chi connectivity index (χ0n) is 9.15. The van der Waals surface area contributed by atoms with Crippen LogP contribution in [0.2, 0.25) is 0 Å². The highest BCUT2D eigenvalue weighted by molar-refractivity contribution is 14.0. The molecule has 0 radical (unpaired) electrons. The Balaban J connectivity index is 0.00000225. The molecule has 16 heavy (non-hydrogen) atoms. The van der Waals surface area contributed by atoms with Gasteiger partial charge in [0.1, 0.15) is 0 Å². The van der Waals surface area contributed by atoms with E-state index in [0.717, 1.165) is 5.56 Å². The van der Waals surface area contributed by atoms with Crippen LogP contribution < -0.4 is 15.2 Å². The molecule has 3 N–H and O–H groups in total. The van der Waals surface area contributed by atoms with Crippen molar-refractivity contribution in [2.24, 2.45) is 5.73 Å². The third-order valence-electron chi connectivity index (χ3n) is 1.84. The number of nitrogens with two attached hydrogens (primary N) is 1. The van der Waals surface area contributed by atoms with Crippen LogP contribution in [0.1, 0.15) is 5.56 Å². The molecule has 90 valence electrons. The van der Waals surface area contributed by atoms with E-state index in [0.29, 0.717) is 17.3 Å². The maximum Gasteiger partial charge on any atom is 0.161 e. The van der Waals surface area contributed by atoms with E-state index in [1.54, 1.807) is 14.2 Å². The summed E-state index contributed by atoms with van der Waals surface area (Å²) in [6.07, 6.45) is 0. The van der Waals surface area contributed by atoms with Crippen molar-refractivity contribution in [3.63, 3.8) is 0 Å². The standard InChI is InChI=1S/C10H14N2O2S.HI/c1-13-8-4-3-7(5-9(8)14-2)6-15-10(11)12;/h3-5H,6H2,1-2H3,(H3,11,12);1H. The van der Waals surface area contributed by atoms with Gasteiger partial charge in [-0.25, -0.2) is 0 Å². The van der Waals surface area contributed by atoms with Gasteiger partial charge in [-0.3, -0.25) is 5.41 Å². The fraction of sp³-hybridized carbons (Fsp3) is 0.300. The number of ether oxygens (including phenoxy) is 2. The van der Waals surface area contributed by atoms with Crippen molar-refractivity contribution in [2.45, 2.75) is 5.75 Å². The second kappa shape index (κ2) is 7.61. The molecule has 0 aromatic heterocycles. The third-order valence-corrected chi connectivity index (χ3v) is 2.63. The summed E-state index contributed by atoms with van der Waals surface area (Å²) in [6, 6.07) is 5.65. The molecule has 0 aliphatic carbocycles. The number of amidine groups is 1. The Kier molecular flexibility index (Phi) is 7.31. The van der Waals surface area contributed by atoms with Crippen LogP contribution in [0.25, 0.3) is 0 Å². The van der Waals surface area contributed by atoms with E-state index in [-0.39, 0.29) is 29.1 Å². The van der Waals surface area contributed by atoms with E-state index >= 15 is 0 Å². The topological polar surface area (TPSA) is 68.3 Å². The number of rotatable bonds is 4. The predicted octanol–water partition coefficient (Wildman–Crippen LogP) is 2.45. The number of halogens is 1. The molecule has 0 unspecified atom stereocenters. The molecule has 1 aromatic rings. The lowest BCUT2D eigenvalue weighted by Gasteiger charge is -2.08. The number of nitrogens with one attached hydrogen (secondary N) is 1. The van der Waals surface area contributed by atoms with Gasteiger partial charge in [0.2, 0.25) is 0 Å². The summed E-state index contributed by atoms with van der Waals surface area (Å²) in [5, 5.41) is 7.22. The number of hydrogen-bond donors (Lipinski definition) is 2. The highest BCUT2D eigenvalue weighted by Crippen LogP contribution is 2.28. The summed E-state index contributed by atoms with van der Waals surface area (Å²) in [6.45, 7) is 0. The summed E-state index contributed by atoms with van der Waals surface area (Å²) in [5.74, 6) is 2.06. The molecule has 0 saturated carbocycles. The van der Waals surface area contributed by atoms with E-state index in [9.17, 15) is 0 Å². The highest BCUT2D eigenvalue weighted by atomic mass is 127. The Bertz CT molecular complexity index is 361. The van der Waals surface area contributed by atoms with Crippen molar-refractivity contribution in [3.8, 4) is 11.5 Å². The van der Waals surface area contributed by atoms with Crippen molar-refractivity contribution < 1.29 is 9.47 Å². The normalized spacial score (nSPS) is 9.12. The molecule has 0 bridgehead atoms. The summed E-state index contributed by atoms with van der Waals surface area (Å²) < 4.78 is 10.3. The zero-order valence-corrected chi connectivity index (χ0v) is 12.3. The predicted molar refractivity (Wildman–Crippen MR) is 78.2 cm³/mol. The average Bonchev–Trinajstić information content (AvgIpc) is 2.25. The van der Waals surface area contributed by atoms with Gasteiger partial charge in [-0.2, -0.15) is 0 Å². The second-order valence-corrected chi connectivity index (χ2v) is 3.86. The van der Waals surface area contributed by atoms with Crippen LogP contribution >= 0.6 is 35.7 Å². The van der Waals surface area contributed by atoms with Gasteiger partial charge in [-0.05, 0) is 17.7 Å². The minimum Gasteiger partial charge on any atom is -0.493 e. The van der Waals surface area contributed by atoms with E-state index in [1.165, 1.54) is 11.8 Å².